The van der Waals surface area contributed by atoms with Gasteiger partial charge in [-0.3, -0.25) is 0 Å². The van der Waals surface area contributed by atoms with Crippen LogP contribution in [0.3, 0.4) is 0 Å². The van der Waals surface area contributed by atoms with Gasteiger partial charge in [0.05, 0.1) is 17.8 Å². The predicted molar refractivity (Wildman–Crippen MR) is 78.4 cm³/mol. The maximum atomic E-state index is 9.85. The summed E-state index contributed by atoms with van der Waals surface area (Å²) in [6.45, 7) is 0.440. The molecule has 5 heteroatoms. The summed E-state index contributed by atoms with van der Waals surface area (Å²) in [5, 5.41) is 14.2. The lowest BCUT2D eigenvalue weighted by Gasteiger charge is -2.11. The zero-order valence-corrected chi connectivity index (χ0v) is 11.8. The monoisotopic (exact) mass is 297 g/mol. The molecule has 2 aromatic rings. The van der Waals surface area contributed by atoms with Gasteiger partial charge in [-0.05, 0) is 30.3 Å². The third kappa shape index (κ3) is 3.46. The van der Waals surface area contributed by atoms with Gasteiger partial charge in [-0.1, -0.05) is 23.2 Å². The van der Waals surface area contributed by atoms with E-state index < -0.39 is 0 Å². The average molecular weight is 298 g/mol. The highest BCUT2D eigenvalue weighted by atomic mass is 35.5. The van der Waals surface area contributed by atoms with E-state index in [0.29, 0.717) is 22.3 Å². The molecule has 0 saturated heterocycles. The summed E-state index contributed by atoms with van der Waals surface area (Å²) in [6.07, 6.45) is 0. The van der Waals surface area contributed by atoms with Crippen molar-refractivity contribution in [2.24, 2.45) is 0 Å². The van der Waals surface area contributed by atoms with E-state index in [1.54, 1.807) is 43.5 Å². The van der Waals surface area contributed by atoms with Crippen molar-refractivity contribution in [3.05, 3.63) is 52.0 Å². The van der Waals surface area contributed by atoms with Crippen LogP contribution >= 0.6 is 23.2 Å². The molecule has 3 nitrogen and oxygen atoms in total. The summed E-state index contributed by atoms with van der Waals surface area (Å²) >= 11 is 12.0. The summed E-state index contributed by atoms with van der Waals surface area (Å²) in [5.74, 6) is 0.784. The molecule has 0 atom stereocenters. The van der Waals surface area contributed by atoms with Crippen LogP contribution in [0.5, 0.6) is 11.5 Å². The van der Waals surface area contributed by atoms with Gasteiger partial charge >= 0.3 is 0 Å². The zero-order chi connectivity index (χ0) is 13.8. The SMILES string of the molecule is COc1ccc(CNc2cc(Cl)ccc2Cl)c(O)c1. The van der Waals surface area contributed by atoms with Crippen molar-refractivity contribution in [1.29, 1.82) is 0 Å². The van der Waals surface area contributed by atoms with Crippen molar-refractivity contribution in [1.82, 2.24) is 0 Å². The van der Waals surface area contributed by atoms with Crippen LogP contribution in [0.1, 0.15) is 5.56 Å². The molecule has 0 saturated carbocycles. The van der Waals surface area contributed by atoms with Gasteiger partial charge < -0.3 is 15.2 Å². The van der Waals surface area contributed by atoms with Gasteiger partial charge in [0.2, 0.25) is 0 Å². The van der Waals surface area contributed by atoms with Crippen molar-refractivity contribution in [3.63, 3.8) is 0 Å². The van der Waals surface area contributed by atoms with Gasteiger partial charge in [-0.25, -0.2) is 0 Å². The molecule has 0 heterocycles. The summed E-state index contributed by atoms with van der Waals surface area (Å²) in [4.78, 5) is 0. The van der Waals surface area contributed by atoms with Gasteiger partial charge in [0, 0.05) is 23.2 Å². The summed E-state index contributed by atoms with van der Waals surface area (Å²) in [7, 11) is 1.55. The topological polar surface area (TPSA) is 41.5 Å². The lowest BCUT2D eigenvalue weighted by Crippen LogP contribution is -2.00. The normalized spacial score (nSPS) is 10.3. The zero-order valence-electron chi connectivity index (χ0n) is 10.3. The molecular formula is C14H13Cl2NO2. The van der Waals surface area contributed by atoms with Gasteiger partial charge in [-0.15, -0.1) is 0 Å². The van der Waals surface area contributed by atoms with E-state index in [0.717, 1.165) is 11.3 Å². The fraction of sp³-hybridized carbons (Fsp3) is 0.143. The Morgan fingerprint density at radius 2 is 1.95 bits per heavy atom. The Bertz CT molecular complexity index is 588. The molecule has 2 rings (SSSR count). The van der Waals surface area contributed by atoms with E-state index in [1.165, 1.54) is 0 Å². The molecule has 0 aromatic heterocycles. The van der Waals surface area contributed by atoms with Crippen LogP contribution in [0.2, 0.25) is 10.0 Å². The van der Waals surface area contributed by atoms with Crippen LogP contribution in [-0.4, -0.2) is 12.2 Å². The largest absolute Gasteiger partial charge is 0.507 e. The quantitative estimate of drug-likeness (QED) is 0.883. The molecule has 2 N–H and O–H groups in total. The lowest BCUT2D eigenvalue weighted by atomic mass is 10.2. The number of anilines is 1. The molecule has 0 bridgehead atoms. The van der Waals surface area contributed by atoms with Crippen LogP contribution in [-0.2, 0) is 6.54 Å². The van der Waals surface area contributed by atoms with E-state index in [2.05, 4.69) is 5.32 Å². The minimum Gasteiger partial charge on any atom is -0.507 e. The number of phenolic OH excluding ortho intramolecular Hbond substituents is 1. The molecule has 0 aliphatic heterocycles. The van der Waals surface area contributed by atoms with Crippen molar-refractivity contribution >= 4 is 28.9 Å². The van der Waals surface area contributed by atoms with Crippen molar-refractivity contribution < 1.29 is 9.84 Å². The molecule has 0 unspecified atom stereocenters. The highest BCUT2D eigenvalue weighted by Gasteiger charge is 2.05. The molecule has 19 heavy (non-hydrogen) atoms. The minimum atomic E-state index is 0.171. The Balaban J connectivity index is 2.12. The van der Waals surface area contributed by atoms with Crippen LogP contribution in [0, 0.1) is 0 Å². The van der Waals surface area contributed by atoms with Gasteiger partial charge in [0.25, 0.3) is 0 Å². The maximum absolute atomic E-state index is 9.85. The first kappa shape index (κ1) is 13.8. The smallest absolute Gasteiger partial charge is 0.124 e. The molecule has 0 fully saturated rings. The van der Waals surface area contributed by atoms with Crippen LogP contribution < -0.4 is 10.1 Å². The first-order valence-corrected chi connectivity index (χ1v) is 6.40. The summed E-state index contributed by atoms with van der Waals surface area (Å²) in [5.41, 5.74) is 1.47. The lowest BCUT2D eigenvalue weighted by molar-refractivity contribution is 0.406. The molecule has 0 spiro atoms. The Labute approximate surface area is 121 Å². The molecule has 0 aliphatic carbocycles. The molecule has 100 valence electrons. The second-order valence-electron chi connectivity index (χ2n) is 3.97. The van der Waals surface area contributed by atoms with Crippen LogP contribution in [0.15, 0.2) is 36.4 Å². The number of hydrogen-bond donors (Lipinski definition) is 2. The number of ether oxygens (including phenoxy) is 1. The van der Waals surface area contributed by atoms with E-state index in [-0.39, 0.29) is 5.75 Å². The first-order valence-electron chi connectivity index (χ1n) is 5.65. The Kier molecular flexibility index (Phi) is 4.40. The molecule has 2 aromatic carbocycles. The number of nitrogens with one attached hydrogen (secondary N) is 1. The van der Waals surface area contributed by atoms with Crippen molar-refractivity contribution in [2.45, 2.75) is 6.54 Å². The maximum Gasteiger partial charge on any atom is 0.124 e. The van der Waals surface area contributed by atoms with Crippen LogP contribution in [0.4, 0.5) is 5.69 Å². The predicted octanol–water partition coefficient (Wildman–Crippen LogP) is 4.32. The number of methoxy groups -OCH3 is 1. The highest BCUT2D eigenvalue weighted by molar-refractivity contribution is 6.35. The summed E-state index contributed by atoms with van der Waals surface area (Å²) < 4.78 is 5.03. The first-order chi connectivity index (χ1) is 9.10. The van der Waals surface area contributed by atoms with Gasteiger partial charge in [0.15, 0.2) is 0 Å². The van der Waals surface area contributed by atoms with Crippen molar-refractivity contribution in [3.8, 4) is 11.5 Å². The molecular weight excluding hydrogens is 285 g/mol. The fourth-order valence-electron chi connectivity index (χ4n) is 1.64. The second-order valence-corrected chi connectivity index (χ2v) is 4.82. The summed E-state index contributed by atoms with van der Waals surface area (Å²) in [6, 6.07) is 10.3. The Hall–Kier alpha value is -1.58. The van der Waals surface area contributed by atoms with Crippen LogP contribution in [0.25, 0.3) is 0 Å². The van der Waals surface area contributed by atoms with E-state index in [1.807, 2.05) is 0 Å². The second kappa shape index (κ2) is 6.04. The average Bonchev–Trinajstić information content (AvgIpc) is 2.40. The molecule has 0 amide bonds. The Morgan fingerprint density at radius 3 is 2.63 bits per heavy atom. The number of rotatable bonds is 4. The highest BCUT2D eigenvalue weighted by Crippen LogP contribution is 2.28. The number of phenols is 1. The van der Waals surface area contributed by atoms with E-state index in [4.69, 9.17) is 27.9 Å². The standard InChI is InChI=1S/C14H13Cl2NO2/c1-19-11-4-2-9(14(18)7-11)8-17-13-6-10(15)3-5-12(13)16/h2-7,17-18H,8H2,1H3. The molecule has 0 radical (unpaired) electrons. The number of hydrogen-bond acceptors (Lipinski definition) is 3. The number of benzene rings is 2. The van der Waals surface area contributed by atoms with E-state index >= 15 is 0 Å². The molecule has 0 aliphatic rings. The number of aromatic hydroxyl groups is 1. The Morgan fingerprint density at radius 1 is 1.16 bits per heavy atom. The third-order valence-electron chi connectivity index (χ3n) is 2.69. The van der Waals surface area contributed by atoms with Gasteiger partial charge in [0.1, 0.15) is 11.5 Å². The minimum absolute atomic E-state index is 0.171. The van der Waals surface area contributed by atoms with E-state index in [9.17, 15) is 5.11 Å². The fourth-order valence-corrected chi connectivity index (χ4v) is 2.00. The number of halogens is 2. The third-order valence-corrected chi connectivity index (χ3v) is 3.25. The van der Waals surface area contributed by atoms with Gasteiger partial charge in [-0.2, -0.15) is 0 Å². The van der Waals surface area contributed by atoms with Crippen molar-refractivity contribution in [2.75, 3.05) is 12.4 Å².